The highest BCUT2D eigenvalue weighted by molar-refractivity contribution is 5.76. The number of ether oxygens (including phenoxy) is 2. The molecule has 0 saturated heterocycles. The van der Waals surface area contributed by atoms with Crippen molar-refractivity contribution >= 4 is 11.9 Å². The molecule has 0 radical (unpaired) electrons. The molecular weight excluding hydrogens is 264 g/mol. The van der Waals surface area contributed by atoms with E-state index in [4.69, 9.17) is 14.9 Å². The van der Waals surface area contributed by atoms with Crippen LogP contribution in [0.15, 0.2) is 26.3 Å². The number of carboxylic acid groups (broad SMARTS) is 1. The van der Waals surface area contributed by atoms with Gasteiger partial charge in [-0.25, -0.2) is 0 Å². The molecule has 6 nitrogen and oxygen atoms in total. The average molecular weight is 292 g/mol. The Kier molecular flexibility index (Phi) is 40.8. The van der Waals surface area contributed by atoms with E-state index in [0.29, 0.717) is 0 Å². The molecule has 0 aliphatic carbocycles. The van der Waals surface area contributed by atoms with Crippen LogP contribution in [0.4, 0.5) is 0 Å². The highest BCUT2D eigenvalue weighted by Crippen LogP contribution is 1.91. The highest BCUT2D eigenvalue weighted by atomic mass is 16.5. The van der Waals surface area contributed by atoms with E-state index in [9.17, 15) is 9.59 Å². The average Bonchev–Trinajstić information content (AvgIpc) is 2.48. The number of carbonyl (C=O) groups is 2. The lowest BCUT2D eigenvalue weighted by molar-refractivity contribution is -0.148. The fraction of sp³-hybridized carbons (Fsp3) is 0.571. The van der Waals surface area contributed by atoms with Gasteiger partial charge >= 0.3 is 11.9 Å². The number of hydrogen-bond donors (Lipinski definition) is 2. The summed E-state index contributed by atoms with van der Waals surface area (Å²) in [5.41, 5.74) is 0. The Morgan fingerprint density at radius 2 is 1.45 bits per heavy atom. The van der Waals surface area contributed by atoms with Gasteiger partial charge in [-0.05, 0) is 13.8 Å². The highest BCUT2D eigenvalue weighted by Gasteiger charge is 2.05. The van der Waals surface area contributed by atoms with Gasteiger partial charge in [0, 0.05) is 13.2 Å². The Balaban J connectivity index is -0.000000119. The Bertz CT molecular complexity index is 202. The Hall–Kier alpha value is -1.66. The molecule has 120 valence electrons. The second-order valence-corrected chi connectivity index (χ2v) is 2.62. The fourth-order valence-corrected chi connectivity index (χ4v) is 0.645. The molecule has 0 heterocycles. The zero-order chi connectivity index (χ0) is 16.8. The van der Waals surface area contributed by atoms with Gasteiger partial charge in [0.1, 0.15) is 6.61 Å². The molecule has 0 saturated carbocycles. The predicted octanol–water partition coefficient (Wildman–Crippen LogP) is 2.03. The lowest BCUT2D eigenvalue weighted by Gasteiger charge is -1.99. The number of rotatable bonds is 7. The molecule has 0 aliphatic rings. The van der Waals surface area contributed by atoms with Gasteiger partial charge < -0.3 is 19.7 Å². The number of aliphatic hydroxyl groups is 1. The first-order chi connectivity index (χ1) is 9.58. The quantitative estimate of drug-likeness (QED) is 0.551. The van der Waals surface area contributed by atoms with Crippen molar-refractivity contribution in [3.05, 3.63) is 26.3 Å². The normalized spacial score (nSPS) is 7.55. The SMILES string of the molecule is C=C.C=C.CCOCC.O=C(O)CCC(=O)OCCO. The second-order valence-electron chi connectivity index (χ2n) is 2.62. The van der Waals surface area contributed by atoms with E-state index < -0.39 is 11.9 Å². The smallest absolute Gasteiger partial charge is 0.306 e. The van der Waals surface area contributed by atoms with Crippen molar-refractivity contribution in [1.82, 2.24) is 0 Å². The van der Waals surface area contributed by atoms with Crippen LogP contribution in [0.3, 0.4) is 0 Å². The summed E-state index contributed by atoms with van der Waals surface area (Å²) >= 11 is 0. The molecule has 2 N–H and O–H groups in total. The molecule has 0 aromatic rings. The summed E-state index contributed by atoms with van der Waals surface area (Å²) in [7, 11) is 0. The molecule has 6 heteroatoms. The fourth-order valence-electron chi connectivity index (χ4n) is 0.645. The van der Waals surface area contributed by atoms with Crippen LogP contribution >= 0.6 is 0 Å². The van der Waals surface area contributed by atoms with Crippen LogP contribution < -0.4 is 0 Å². The lowest BCUT2D eigenvalue weighted by atomic mass is 10.3. The summed E-state index contributed by atoms with van der Waals surface area (Å²) in [4.78, 5) is 20.4. The molecule has 0 aromatic carbocycles. The van der Waals surface area contributed by atoms with E-state index in [0.717, 1.165) is 13.2 Å². The van der Waals surface area contributed by atoms with E-state index in [2.05, 4.69) is 31.1 Å². The molecule has 20 heavy (non-hydrogen) atoms. The summed E-state index contributed by atoms with van der Waals surface area (Å²) in [5.74, 6) is -1.63. The van der Waals surface area contributed by atoms with Crippen LogP contribution in [0.25, 0.3) is 0 Å². The number of aliphatic hydroxyl groups excluding tert-OH is 1. The summed E-state index contributed by atoms with van der Waals surface area (Å²) < 4.78 is 9.22. The first kappa shape index (κ1) is 26.8. The predicted molar refractivity (Wildman–Crippen MR) is 79.6 cm³/mol. The van der Waals surface area contributed by atoms with E-state index in [1.165, 1.54) is 0 Å². The van der Waals surface area contributed by atoms with E-state index in [-0.39, 0.29) is 26.1 Å². The monoisotopic (exact) mass is 292 g/mol. The van der Waals surface area contributed by atoms with Crippen LogP contribution in [0.5, 0.6) is 0 Å². The third kappa shape index (κ3) is 44.1. The molecule has 0 amide bonds. The van der Waals surface area contributed by atoms with Gasteiger partial charge in [0.25, 0.3) is 0 Å². The van der Waals surface area contributed by atoms with Gasteiger partial charge in [-0.2, -0.15) is 0 Å². The molecule has 0 fully saturated rings. The van der Waals surface area contributed by atoms with Crippen molar-refractivity contribution in [2.75, 3.05) is 26.4 Å². The van der Waals surface area contributed by atoms with Gasteiger partial charge in [0.15, 0.2) is 0 Å². The summed E-state index contributed by atoms with van der Waals surface area (Å²) in [5, 5.41) is 16.3. The Morgan fingerprint density at radius 1 is 1.00 bits per heavy atom. The maximum absolute atomic E-state index is 10.5. The lowest BCUT2D eigenvalue weighted by Crippen LogP contribution is -2.10. The summed E-state index contributed by atoms with van der Waals surface area (Å²) in [6, 6.07) is 0. The Labute approximate surface area is 121 Å². The molecule has 0 atom stereocenters. The minimum absolute atomic E-state index is 0.0710. The van der Waals surface area contributed by atoms with Crippen LogP contribution in [0.2, 0.25) is 0 Å². The second kappa shape index (κ2) is 30.4. The number of hydrogen-bond acceptors (Lipinski definition) is 5. The molecule has 0 bridgehead atoms. The molecule has 0 aromatic heterocycles. The zero-order valence-corrected chi connectivity index (χ0v) is 12.6. The van der Waals surface area contributed by atoms with E-state index in [1.807, 2.05) is 13.8 Å². The Morgan fingerprint density at radius 3 is 1.70 bits per heavy atom. The standard InChI is InChI=1S/C6H10O5.C4H10O.2C2H4/c7-3-4-11-6(10)2-1-5(8)9;1-3-5-4-2;2*1-2/h7H,1-4H2,(H,8,9);3-4H2,1-2H3;2*1-2H2. The van der Waals surface area contributed by atoms with Crippen LogP contribution in [0.1, 0.15) is 26.7 Å². The molecule has 0 spiro atoms. The summed E-state index contributed by atoms with van der Waals surface area (Å²) in [6.07, 6.45) is -0.375. The van der Waals surface area contributed by atoms with Crippen LogP contribution in [-0.2, 0) is 19.1 Å². The van der Waals surface area contributed by atoms with Crippen LogP contribution in [0, 0.1) is 0 Å². The first-order valence-corrected chi connectivity index (χ1v) is 6.14. The minimum Gasteiger partial charge on any atom is -0.481 e. The van der Waals surface area contributed by atoms with Crippen molar-refractivity contribution < 1.29 is 29.3 Å². The van der Waals surface area contributed by atoms with Crippen LogP contribution in [-0.4, -0.2) is 48.6 Å². The number of aliphatic carboxylic acids is 1. The van der Waals surface area contributed by atoms with Crippen molar-refractivity contribution in [2.45, 2.75) is 26.7 Å². The van der Waals surface area contributed by atoms with E-state index >= 15 is 0 Å². The summed E-state index contributed by atoms with van der Waals surface area (Å²) in [6.45, 7) is 17.4. The maximum Gasteiger partial charge on any atom is 0.306 e. The maximum atomic E-state index is 10.5. The largest absolute Gasteiger partial charge is 0.481 e. The third-order valence-electron chi connectivity index (χ3n) is 1.31. The van der Waals surface area contributed by atoms with Crippen molar-refractivity contribution in [3.8, 4) is 0 Å². The molecule has 0 unspecified atom stereocenters. The topological polar surface area (TPSA) is 93.1 Å². The molecule has 0 rings (SSSR count). The molecular formula is C14H28O6. The van der Waals surface area contributed by atoms with Gasteiger partial charge in [-0.15, -0.1) is 26.3 Å². The number of esters is 1. The number of carbonyl (C=O) groups excluding carboxylic acids is 1. The van der Waals surface area contributed by atoms with Crippen molar-refractivity contribution in [3.63, 3.8) is 0 Å². The minimum atomic E-state index is -1.04. The zero-order valence-electron chi connectivity index (χ0n) is 12.6. The van der Waals surface area contributed by atoms with Gasteiger partial charge in [0.2, 0.25) is 0 Å². The first-order valence-electron chi connectivity index (χ1n) is 6.14. The van der Waals surface area contributed by atoms with E-state index in [1.54, 1.807) is 0 Å². The van der Waals surface area contributed by atoms with Crippen molar-refractivity contribution in [2.24, 2.45) is 0 Å². The number of carboxylic acids is 1. The van der Waals surface area contributed by atoms with Gasteiger partial charge in [-0.3, -0.25) is 9.59 Å². The van der Waals surface area contributed by atoms with Gasteiger partial charge in [0.05, 0.1) is 19.4 Å². The molecule has 0 aliphatic heterocycles. The van der Waals surface area contributed by atoms with Crippen molar-refractivity contribution in [1.29, 1.82) is 0 Å². The van der Waals surface area contributed by atoms with Gasteiger partial charge in [-0.1, -0.05) is 0 Å². The third-order valence-corrected chi connectivity index (χ3v) is 1.31.